The number of piperazine rings is 1. The van der Waals surface area contributed by atoms with Crippen LogP contribution in [-0.2, 0) is 16.1 Å². The Morgan fingerprint density at radius 3 is 2.43 bits per heavy atom. The fourth-order valence-electron chi connectivity index (χ4n) is 3.63. The zero-order valence-electron chi connectivity index (χ0n) is 17.3. The lowest BCUT2D eigenvalue weighted by Gasteiger charge is -2.35. The van der Waals surface area contributed by atoms with Gasteiger partial charge in [-0.2, -0.15) is 0 Å². The van der Waals surface area contributed by atoms with Crippen molar-refractivity contribution in [2.75, 3.05) is 38.0 Å². The molecule has 1 aliphatic rings. The SMILES string of the molecule is Cc1noc(C)c1CN1CCN(CC(CC(=O)Nc2ccccc2O)C(=O)O)CC1. The lowest BCUT2D eigenvalue weighted by atomic mass is 10.0. The number of amides is 1. The first kappa shape index (κ1) is 21.8. The largest absolute Gasteiger partial charge is 0.506 e. The Kier molecular flexibility index (Phi) is 7.07. The summed E-state index contributed by atoms with van der Waals surface area (Å²) in [5, 5.41) is 25.9. The number of rotatable bonds is 8. The van der Waals surface area contributed by atoms with Crippen molar-refractivity contribution in [2.24, 2.45) is 5.92 Å². The molecular formula is C21H28N4O5. The number of carboxylic acid groups (broad SMARTS) is 1. The summed E-state index contributed by atoms with van der Waals surface area (Å²) >= 11 is 0. The minimum absolute atomic E-state index is 0.0489. The molecule has 2 heterocycles. The maximum Gasteiger partial charge on any atom is 0.308 e. The van der Waals surface area contributed by atoms with Gasteiger partial charge in [-0.3, -0.25) is 19.4 Å². The van der Waals surface area contributed by atoms with Gasteiger partial charge >= 0.3 is 5.97 Å². The fourth-order valence-corrected chi connectivity index (χ4v) is 3.63. The summed E-state index contributed by atoms with van der Waals surface area (Å²) in [5.41, 5.74) is 2.28. The van der Waals surface area contributed by atoms with E-state index in [1.165, 1.54) is 6.07 Å². The first-order chi connectivity index (χ1) is 14.3. The molecule has 0 saturated carbocycles. The predicted molar refractivity (Wildman–Crippen MR) is 110 cm³/mol. The van der Waals surface area contributed by atoms with Crippen LogP contribution in [0.5, 0.6) is 5.75 Å². The molecule has 1 atom stereocenters. The number of nitrogens with one attached hydrogen (secondary N) is 1. The molecule has 2 aromatic rings. The number of phenolic OH excluding ortho intramolecular Hbond substituents is 1. The molecule has 1 fully saturated rings. The Labute approximate surface area is 175 Å². The van der Waals surface area contributed by atoms with Crippen LogP contribution in [-0.4, -0.2) is 69.8 Å². The van der Waals surface area contributed by atoms with Crippen molar-refractivity contribution in [3.05, 3.63) is 41.3 Å². The number of hydrogen-bond donors (Lipinski definition) is 3. The average Bonchev–Trinajstić information content (AvgIpc) is 3.02. The summed E-state index contributed by atoms with van der Waals surface area (Å²) in [6, 6.07) is 6.37. The van der Waals surface area contributed by atoms with Gasteiger partial charge in [-0.1, -0.05) is 17.3 Å². The molecule has 1 unspecified atom stereocenters. The van der Waals surface area contributed by atoms with Gasteiger partial charge in [-0.15, -0.1) is 0 Å². The molecule has 3 N–H and O–H groups in total. The molecule has 9 heteroatoms. The molecule has 0 spiro atoms. The molecule has 9 nitrogen and oxygen atoms in total. The third-order valence-corrected chi connectivity index (χ3v) is 5.47. The monoisotopic (exact) mass is 416 g/mol. The van der Waals surface area contributed by atoms with E-state index in [9.17, 15) is 19.8 Å². The Hall–Kier alpha value is -2.91. The van der Waals surface area contributed by atoms with Crippen LogP contribution < -0.4 is 5.32 Å². The van der Waals surface area contributed by atoms with E-state index in [2.05, 4.69) is 20.3 Å². The third-order valence-electron chi connectivity index (χ3n) is 5.47. The highest BCUT2D eigenvalue weighted by molar-refractivity contribution is 5.94. The highest BCUT2D eigenvalue weighted by Gasteiger charge is 2.27. The maximum atomic E-state index is 12.3. The van der Waals surface area contributed by atoms with Crippen molar-refractivity contribution >= 4 is 17.6 Å². The smallest absolute Gasteiger partial charge is 0.308 e. The van der Waals surface area contributed by atoms with Gasteiger partial charge in [0.2, 0.25) is 5.91 Å². The van der Waals surface area contributed by atoms with Crippen molar-refractivity contribution in [1.29, 1.82) is 0 Å². The Bertz CT molecular complexity index is 870. The van der Waals surface area contributed by atoms with Crippen LogP contribution in [0.3, 0.4) is 0 Å². The zero-order chi connectivity index (χ0) is 21.7. The number of benzene rings is 1. The van der Waals surface area contributed by atoms with Gasteiger partial charge in [-0.25, -0.2) is 0 Å². The summed E-state index contributed by atoms with van der Waals surface area (Å²) in [6.07, 6.45) is -0.150. The summed E-state index contributed by atoms with van der Waals surface area (Å²) in [5.74, 6) is -1.46. The van der Waals surface area contributed by atoms with Crippen LogP contribution in [0.2, 0.25) is 0 Å². The number of carboxylic acids is 1. The Balaban J connectivity index is 1.49. The molecule has 3 rings (SSSR count). The highest BCUT2D eigenvalue weighted by atomic mass is 16.5. The van der Waals surface area contributed by atoms with Crippen LogP contribution in [0.15, 0.2) is 28.8 Å². The van der Waals surface area contributed by atoms with Crippen molar-refractivity contribution in [3.63, 3.8) is 0 Å². The number of anilines is 1. The van der Waals surface area contributed by atoms with Crippen LogP contribution in [0, 0.1) is 19.8 Å². The first-order valence-corrected chi connectivity index (χ1v) is 10.0. The molecule has 0 radical (unpaired) electrons. The summed E-state index contributed by atoms with van der Waals surface area (Å²) in [4.78, 5) is 28.4. The van der Waals surface area contributed by atoms with Gasteiger partial charge in [0.05, 0.1) is 17.3 Å². The van der Waals surface area contributed by atoms with E-state index in [1.807, 2.05) is 13.8 Å². The quantitative estimate of drug-likeness (QED) is 0.558. The normalized spacial score (nSPS) is 16.3. The van der Waals surface area contributed by atoms with Gasteiger partial charge in [0.1, 0.15) is 11.5 Å². The van der Waals surface area contributed by atoms with Gasteiger partial charge in [-0.05, 0) is 26.0 Å². The molecule has 1 amide bonds. The van der Waals surface area contributed by atoms with E-state index in [0.29, 0.717) is 6.54 Å². The van der Waals surface area contributed by atoms with Crippen LogP contribution >= 0.6 is 0 Å². The zero-order valence-corrected chi connectivity index (χ0v) is 17.3. The number of nitrogens with zero attached hydrogens (tertiary/aromatic N) is 3. The summed E-state index contributed by atoms with van der Waals surface area (Å²) < 4.78 is 5.22. The van der Waals surface area contributed by atoms with Gasteiger partial charge in [0.25, 0.3) is 0 Å². The van der Waals surface area contributed by atoms with E-state index in [-0.39, 0.29) is 17.9 Å². The second kappa shape index (κ2) is 9.73. The summed E-state index contributed by atoms with van der Waals surface area (Å²) in [7, 11) is 0. The lowest BCUT2D eigenvalue weighted by molar-refractivity contribution is -0.144. The van der Waals surface area contributed by atoms with E-state index >= 15 is 0 Å². The highest BCUT2D eigenvalue weighted by Crippen LogP contribution is 2.22. The fraction of sp³-hybridized carbons (Fsp3) is 0.476. The number of para-hydroxylation sites is 2. The molecule has 1 aromatic heterocycles. The third kappa shape index (κ3) is 5.58. The number of hydrogen-bond acceptors (Lipinski definition) is 7. The number of aromatic nitrogens is 1. The number of aromatic hydroxyl groups is 1. The number of phenols is 1. The maximum absolute atomic E-state index is 12.3. The van der Waals surface area contributed by atoms with Gasteiger partial charge in [0, 0.05) is 51.3 Å². The number of aliphatic carboxylic acids is 1. The second-order valence-corrected chi connectivity index (χ2v) is 7.68. The van der Waals surface area contributed by atoms with Crippen molar-refractivity contribution in [1.82, 2.24) is 15.0 Å². The van der Waals surface area contributed by atoms with E-state index in [1.54, 1.807) is 18.2 Å². The van der Waals surface area contributed by atoms with Crippen LogP contribution in [0.1, 0.15) is 23.4 Å². The van der Waals surface area contributed by atoms with Crippen LogP contribution in [0.25, 0.3) is 0 Å². The van der Waals surface area contributed by atoms with Crippen molar-refractivity contribution in [3.8, 4) is 5.75 Å². The lowest BCUT2D eigenvalue weighted by Crippen LogP contribution is -2.48. The van der Waals surface area contributed by atoms with E-state index in [0.717, 1.165) is 49.7 Å². The van der Waals surface area contributed by atoms with Gasteiger partial charge in [0.15, 0.2) is 0 Å². The van der Waals surface area contributed by atoms with E-state index in [4.69, 9.17) is 4.52 Å². The molecule has 30 heavy (non-hydrogen) atoms. The van der Waals surface area contributed by atoms with Crippen LogP contribution in [0.4, 0.5) is 5.69 Å². The number of carbonyl (C=O) groups is 2. The second-order valence-electron chi connectivity index (χ2n) is 7.68. The minimum Gasteiger partial charge on any atom is -0.506 e. The molecule has 1 saturated heterocycles. The van der Waals surface area contributed by atoms with Crippen molar-refractivity contribution in [2.45, 2.75) is 26.8 Å². The molecule has 1 aliphatic heterocycles. The number of carbonyl (C=O) groups excluding carboxylic acids is 1. The molecule has 0 bridgehead atoms. The molecular weight excluding hydrogens is 388 g/mol. The Morgan fingerprint density at radius 1 is 1.17 bits per heavy atom. The number of aryl methyl sites for hydroxylation is 2. The molecule has 1 aromatic carbocycles. The minimum atomic E-state index is -0.999. The van der Waals surface area contributed by atoms with Crippen molar-refractivity contribution < 1.29 is 24.3 Å². The summed E-state index contributed by atoms with van der Waals surface area (Å²) in [6.45, 7) is 7.98. The average molecular weight is 416 g/mol. The first-order valence-electron chi connectivity index (χ1n) is 10.0. The Morgan fingerprint density at radius 2 is 1.83 bits per heavy atom. The van der Waals surface area contributed by atoms with Gasteiger partial charge < -0.3 is 20.1 Å². The molecule has 162 valence electrons. The van der Waals surface area contributed by atoms with E-state index < -0.39 is 17.8 Å². The topological polar surface area (TPSA) is 119 Å². The predicted octanol–water partition coefficient (Wildman–Crippen LogP) is 1.84. The molecule has 0 aliphatic carbocycles. The standard InChI is InChI=1S/C21H28N4O5/c1-14-17(15(2)30-23-14)13-25-9-7-24(8-10-25)12-16(21(28)29)11-20(27)22-18-5-3-4-6-19(18)26/h3-6,16,26H,7-13H2,1-2H3,(H,22,27)(H,28,29).